The van der Waals surface area contributed by atoms with Gasteiger partial charge in [0.05, 0.1) is 23.3 Å². The van der Waals surface area contributed by atoms with Gasteiger partial charge in [-0.3, -0.25) is 9.48 Å². The van der Waals surface area contributed by atoms with Gasteiger partial charge in [0.1, 0.15) is 5.75 Å². The number of aromatic hydroxyl groups is 1. The molecule has 18 heavy (non-hydrogen) atoms. The Hall–Kier alpha value is -2.08. The molecule has 6 nitrogen and oxygen atoms in total. The van der Waals surface area contributed by atoms with Crippen LogP contribution in [0, 0.1) is 0 Å². The molecule has 2 aromatic rings. The van der Waals surface area contributed by atoms with Crippen molar-refractivity contribution in [1.82, 2.24) is 20.3 Å². The van der Waals surface area contributed by atoms with Gasteiger partial charge in [-0.25, -0.2) is 0 Å². The zero-order valence-electron chi connectivity index (χ0n) is 9.38. The minimum atomic E-state index is -0.337. The van der Waals surface area contributed by atoms with E-state index in [-0.39, 0.29) is 17.2 Å². The van der Waals surface area contributed by atoms with Gasteiger partial charge in [0, 0.05) is 12.7 Å². The molecule has 0 aliphatic heterocycles. The lowest BCUT2D eigenvalue weighted by molar-refractivity contribution is 0.0951. The first kappa shape index (κ1) is 12.4. The predicted octanol–water partition coefficient (Wildman–Crippen LogP) is 1.07. The van der Waals surface area contributed by atoms with E-state index >= 15 is 0 Å². The van der Waals surface area contributed by atoms with Crippen LogP contribution in [0.2, 0.25) is 5.02 Å². The number of amides is 1. The van der Waals surface area contributed by atoms with Gasteiger partial charge < -0.3 is 10.4 Å². The Morgan fingerprint density at radius 2 is 2.33 bits per heavy atom. The Morgan fingerprint density at radius 3 is 3.06 bits per heavy atom. The summed E-state index contributed by atoms with van der Waals surface area (Å²) < 4.78 is 1.60. The summed E-state index contributed by atoms with van der Waals surface area (Å²) in [4.78, 5) is 11.8. The van der Waals surface area contributed by atoms with Crippen LogP contribution in [0.15, 0.2) is 30.6 Å². The second-order valence-electron chi connectivity index (χ2n) is 3.59. The van der Waals surface area contributed by atoms with Crippen molar-refractivity contribution in [2.24, 2.45) is 0 Å². The van der Waals surface area contributed by atoms with Gasteiger partial charge in [-0.15, -0.1) is 5.10 Å². The third-order valence-corrected chi connectivity index (χ3v) is 2.62. The van der Waals surface area contributed by atoms with Gasteiger partial charge >= 0.3 is 0 Å². The standard InChI is InChI=1S/C11H11ClN4O2/c12-10-2-1-8(17)7-9(10)11(18)13-3-5-16-6-4-14-15-16/h1-2,4,6-7,17H,3,5H2,(H,13,18). The molecule has 0 unspecified atom stereocenters. The van der Waals surface area contributed by atoms with Crippen molar-refractivity contribution < 1.29 is 9.90 Å². The fourth-order valence-corrected chi connectivity index (χ4v) is 1.62. The number of phenols is 1. The number of benzene rings is 1. The molecule has 1 aromatic heterocycles. The molecule has 94 valence electrons. The minimum Gasteiger partial charge on any atom is -0.508 e. The van der Waals surface area contributed by atoms with Crippen LogP contribution >= 0.6 is 11.6 Å². The molecule has 1 aromatic carbocycles. The fraction of sp³-hybridized carbons (Fsp3) is 0.182. The zero-order chi connectivity index (χ0) is 13.0. The van der Waals surface area contributed by atoms with Gasteiger partial charge in [0.25, 0.3) is 5.91 Å². The number of carbonyl (C=O) groups is 1. The van der Waals surface area contributed by atoms with E-state index in [4.69, 9.17) is 11.6 Å². The lowest BCUT2D eigenvalue weighted by atomic mass is 10.2. The smallest absolute Gasteiger partial charge is 0.252 e. The van der Waals surface area contributed by atoms with Gasteiger partial charge in [0.2, 0.25) is 0 Å². The lowest BCUT2D eigenvalue weighted by Crippen LogP contribution is -2.27. The summed E-state index contributed by atoms with van der Waals surface area (Å²) in [6.45, 7) is 0.913. The predicted molar refractivity (Wildman–Crippen MR) is 65.5 cm³/mol. The normalized spacial score (nSPS) is 10.3. The van der Waals surface area contributed by atoms with Crippen LogP contribution in [0.25, 0.3) is 0 Å². The summed E-state index contributed by atoms with van der Waals surface area (Å²) in [7, 11) is 0. The monoisotopic (exact) mass is 266 g/mol. The number of hydrogen-bond acceptors (Lipinski definition) is 4. The largest absolute Gasteiger partial charge is 0.508 e. The van der Waals surface area contributed by atoms with Gasteiger partial charge in [-0.2, -0.15) is 0 Å². The molecule has 0 bridgehead atoms. The molecular formula is C11H11ClN4O2. The van der Waals surface area contributed by atoms with Crippen molar-refractivity contribution in [1.29, 1.82) is 0 Å². The van der Waals surface area contributed by atoms with Crippen LogP contribution in [0.4, 0.5) is 0 Å². The topological polar surface area (TPSA) is 80.0 Å². The minimum absolute atomic E-state index is 0.000765. The molecule has 1 heterocycles. The fourth-order valence-electron chi connectivity index (χ4n) is 1.42. The van der Waals surface area contributed by atoms with E-state index in [1.807, 2.05) is 0 Å². The Labute approximate surface area is 108 Å². The molecule has 1 amide bonds. The van der Waals surface area contributed by atoms with Crippen molar-refractivity contribution >= 4 is 17.5 Å². The van der Waals surface area contributed by atoms with E-state index in [1.54, 1.807) is 17.1 Å². The molecule has 0 aliphatic carbocycles. The maximum Gasteiger partial charge on any atom is 0.252 e. The highest BCUT2D eigenvalue weighted by atomic mass is 35.5. The summed E-state index contributed by atoms with van der Waals surface area (Å²) in [5, 5.41) is 19.7. The van der Waals surface area contributed by atoms with E-state index in [1.165, 1.54) is 18.2 Å². The number of nitrogens with zero attached hydrogens (tertiary/aromatic N) is 3. The molecule has 0 fully saturated rings. The molecule has 0 spiro atoms. The molecule has 0 saturated carbocycles. The molecule has 2 rings (SSSR count). The van der Waals surface area contributed by atoms with Crippen molar-refractivity contribution in [2.45, 2.75) is 6.54 Å². The third kappa shape index (κ3) is 2.98. The van der Waals surface area contributed by atoms with Crippen molar-refractivity contribution in [3.05, 3.63) is 41.2 Å². The van der Waals surface area contributed by atoms with Crippen LogP contribution < -0.4 is 5.32 Å². The first-order valence-electron chi connectivity index (χ1n) is 5.27. The van der Waals surface area contributed by atoms with Crippen LogP contribution in [0.3, 0.4) is 0 Å². The first-order valence-corrected chi connectivity index (χ1v) is 5.65. The number of nitrogens with one attached hydrogen (secondary N) is 1. The van der Waals surface area contributed by atoms with E-state index in [9.17, 15) is 9.90 Å². The van der Waals surface area contributed by atoms with Crippen LogP contribution in [-0.4, -0.2) is 32.6 Å². The first-order chi connectivity index (χ1) is 8.66. The molecule has 0 radical (unpaired) electrons. The number of carbonyl (C=O) groups excluding carboxylic acids is 1. The molecule has 0 aliphatic rings. The van der Waals surface area contributed by atoms with Crippen molar-refractivity contribution in [2.75, 3.05) is 6.54 Å². The van der Waals surface area contributed by atoms with Gasteiger partial charge in [-0.1, -0.05) is 16.8 Å². The highest BCUT2D eigenvalue weighted by Gasteiger charge is 2.10. The number of halogens is 1. The maximum absolute atomic E-state index is 11.8. The summed E-state index contributed by atoms with van der Waals surface area (Å²) in [5.74, 6) is -0.336. The number of hydrogen-bond donors (Lipinski definition) is 2. The maximum atomic E-state index is 11.8. The van der Waals surface area contributed by atoms with Crippen LogP contribution in [0.1, 0.15) is 10.4 Å². The molecule has 2 N–H and O–H groups in total. The quantitative estimate of drug-likeness (QED) is 0.867. The molecule has 0 atom stereocenters. The van der Waals surface area contributed by atoms with E-state index in [0.29, 0.717) is 18.1 Å². The zero-order valence-corrected chi connectivity index (χ0v) is 10.1. The van der Waals surface area contributed by atoms with Crippen molar-refractivity contribution in [3.63, 3.8) is 0 Å². The third-order valence-electron chi connectivity index (χ3n) is 2.29. The van der Waals surface area contributed by atoms with Crippen molar-refractivity contribution in [3.8, 4) is 5.75 Å². The van der Waals surface area contributed by atoms with Crippen LogP contribution in [0.5, 0.6) is 5.75 Å². The van der Waals surface area contributed by atoms with E-state index < -0.39 is 0 Å². The Kier molecular flexibility index (Phi) is 3.78. The highest BCUT2D eigenvalue weighted by Crippen LogP contribution is 2.20. The number of rotatable bonds is 4. The highest BCUT2D eigenvalue weighted by molar-refractivity contribution is 6.33. The summed E-state index contributed by atoms with van der Waals surface area (Å²) in [6, 6.07) is 4.23. The second-order valence-corrected chi connectivity index (χ2v) is 3.99. The summed E-state index contributed by atoms with van der Waals surface area (Å²) >= 11 is 5.87. The number of phenolic OH excluding ortho intramolecular Hbond substituents is 1. The Balaban J connectivity index is 1.93. The van der Waals surface area contributed by atoms with Gasteiger partial charge in [-0.05, 0) is 18.2 Å². The SMILES string of the molecule is O=C(NCCn1ccnn1)c1cc(O)ccc1Cl. The average molecular weight is 267 g/mol. The summed E-state index contributed by atoms with van der Waals surface area (Å²) in [6.07, 6.45) is 3.27. The Bertz CT molecular complexity index is 542. The molecule has 0 saturated heterocycles. The second kappa shape index (κ2) is 5.50. The summed E-state index contributed by atoms with van der Waals surface area (Å²) in [5.41, 5.74) is 0.246. The number of aromatic nitrogens is 3. The lowest BCUT2D eigenvalue weighted by Gasteiger charge is -2.07. The molecule has 7 heteroatoms. The Morgan fingerprint density at radius 1 is 1.50 bits per heavy atom. The molecular weight excluding hydrogens is 256 g/mol. The van der Waals surface area contributed by atoms with Gasteiger partial charge in [0.15, 0.2) is 0 Å². The average Bonchev–Trinajstić information content (AvgIpc) is 2.85. The van der Waals surface area contributed by atoms with Crippen LogP contribution in [-0.2, 0) is 6.54 Å². The van der Waals surface area contributed by atoms with E-state index in [0.717, 1.165) is 0 Å². The van der Waals surface area contributed by atoms with E-state index in [2.05, 4.69) is 15.6 Å².